The summed E-state index contributed by atoms with van der Waals surface area (Å²) < 4.78 is 6.17. The zero-order valence-electron chi connectivity index (χ0n) is 18.1. The number of nitrogens with two attached hydrogens (primary N) is 1. The van der Waals surface area contributed by atoms with Crippen LogP contribution in [0, 0.1) is 5.92 Å². The molecule has 1 aliphatic heterocycles. The number of ketones is 1. The molecular weight excluding hydrogens is 420 g/mol. The average Bonchev–Trinajstić information content (AvgIpc) is 2.80. The van der Waals surface area contributed by atoms with E-state index in [-0.39, 0.29) is 16.9 Å². The highest BCUT2D eigenvalue weighted by molar-refractivity contribution is 8.13. The fourth-order valence-corrected chi connectivity index (χ4v) is 4.47. The van der Waals surface area contributed by atoms with Crippen LogP contribution < -0.4 is 16.1 Å². The van der Waals surface area contributed by atoms with Crippen LogP contribution >= 0.6 is 11.8 Å². The monoisotopic (exact) mass is 445 g/mol. The number of nitrogens with one attached hydrogen (secondary N) is 1. The summed E-state index contributed by atoms with van der Waals surface area (Å²) in [6.07, 6.45) is 0.484. The lowest BCUT2D eigenvalue weighted by atomic mass is 9.94. The third-order valence-corrected chi connectivity index (χ3v) is 6.45. The first-order valence-electron chi connectivity index (χ1n) is 10.6. The van der Waals surface area contributed by atoms with E-state index in [1.807, 2.05) is 68.4 Å². The van der Waals surface area contributed by atoms with Gasteiger partial charge in [0.15, 0.2) is 0 Å². The molecule has 2 aromatic carbocycles. The minimum absolute atomic E-state index is 0.146. The smallest absolute Gasteiger partial charge is 0.447 e. The first kappa shape index (κ1) is 21.8. The number of fused-ring (bicyclic) bond motifs is 2. The van der Waals surface area contributed by atoms with Gasteiger partial charge in [-0.1, -0.05) is 44.2 Å². The van der Waals surface area contributed by atoms with Crippen molar-refractivity contribution in [3.05, 3.63) is 72.1 Å². The number of nitrogen functional groups attached to an aromatic ring is 1. The lowest BCUT2D eigenvalue weighted by Crippen LogP contribution is -2.79. The Kier molecular flexibility index (Phi) is 6.42. The molecule has 2 aromatic rings. The van der Waals surface area contributed by atoms with Gasteiger partial charge in [-0.15, -0.1) is 0 Å². The maximum Gasteiger partial charge on any atom is 0.447 e. The number of carbonyl (C=O) groups excluding carboxylic acids is 2. The van der Waals surface area contributed by atoms with Crippen molar-refractivity contribution in [2.24, 2.45) is 5.92 Å². The van der Waals surface area contributed by atoms with E-state index in [0.717, 1.165) is 33.8 Å². The molecule has 1 heterocycles. The first-order valence-corrected chi connectivity index (χ1v) is 11.6. The van der Waals surface area contributed by atoms with Gasteiger partial charge in [-0.3, -0.25) is 4.79 Å². The van der Waals surface area contributed by atoms with E-state index in [0.29, 0.717) is 34.6 Å². The lowest BCUT2D eigenvalue weighted by molar-refractivity contribution is -0.376. The van der Waals surface area contributed by atoms with Gasteiger partial charge in [0.1, 0.15) is 17.1 Å². The van der Waals surface area contributed by atoms with Gasteiger partial charge in [0.05, 0.1) is 6.07 Å². The molecule has 5 nitrogen and oxygen atoms in total. The van der Waals surface area contributed by atoms with Crippen molar-refractivity contribution in [2.45, 2.75) is 20.3 Å². The third kappa shape index (κ3) is 4.60. The van der Waals surface area contributed by atoms with Crippen molar-refractivity contribution >= 4 is 39.4 Å². The number of rotatable bonds is 5. The second-order valence-electron chi connectivity index (χ2n) is 7.75. The summed E-state index contributed by atoms with van der Waals surface area (Å²) >= 11 is 1.11. The highest BCUT2D eigenvalue weighted by Crippen LogP contribution is 2.39. The molecule has 1 amide bonds. The van der Waals surface area contributed by atoms with Crippen LogP contribution in [0.3, 0.4) is 0 Å². The number of benzene rings is 3. The molecule has 1 unspecified atom stereocenters. The van der Waals surface area contributed by atoms with Crippen LogP contribution in [0.4, 0.5) is 10.5 Å². The summed E-state index contributed by atoms with van der Waals surface area (Å²) in [4.78, 5) is 27.0. The maximum absolute atomic E-state index is 12.4. The summed E-state index contributed by atoms with van der Waals surface area (Å²) in [5, 5.41) is 1.41. The molecule has 2 aliphatic rings. The Morgan fingerprint density at radius 3 is 2.59 bits per heavy atom. The van der Waals surface area contributed by atoms with Crippen LogP contribution in [0.2, 0.25) is 0 Å². The predicted octanol–water partition coefficient (Wildman–Crippen LogP) is 4.24. The average molecular weight is 446 g/mol. The number of thioether (sulfide) groups is 1. The Balaban J connectivity index is 1.77. The summed E-state index contributed by atoms with van der Waals surface area (Å²) in [5.41, 5.74) is 10.4. The molecular formula is C26H25N2O3S+. The topological polar surface area (TPSA) is 87.3 Å². The second kappa shape index (κ2) is 9.40. The predicted molar refractivity (Wildman–Crippen MR) is 129 cm³/mol. The van der Waals surface area contributed by atoms with E-state index in [1.165, 1.54) is 0 Å². The van der Waals surface area contributed by atoms with Crippen molar-refractivity contribution < 1.29 is 19.0 Å². The van der Waals surface area contributed by atoms with Crippen LogP contribution in [-0.2, 0) is 4.79 Å². The van der Waals surface area contributed by atoms with Crippen molar-refractivity contribution in [1.29, 1.82) is 0 Å². The Labute approximate surface area is 190 Å². The number of hydrogen-bond donors (Lipinski definition) is 2. The van der Waals surface area contributed by atoms with E-state index < -0.39 is 0 Å². The minimum atomic E-state index is -0.201. The van der Waals surface area contributed by atoms with Crippen molar-refractivity contribution in [3.8, 4) is 22.5 Å². The van der Waals surface area contributed by atoms with Gasteiger partial charge in [0.25, 0.3) is 0 Å². The van der Waals surface area contributed by atoms with Crippen molar-refractivity contribution in [3.63, 3.8) is 0 Å². The van der Waals surface area contributed by atoms with E-state index in [4.69, 9.17) is 10.2 Å². The van der Waals surface area contributed by atoms with Gasteiger partial charge in [0, 0.05) is 52.4 Å². The minimum Gasteiger partial charge on any atom is -0.456 e. The zero-order chi connectivity index (χ0) is 22.7. The molecule has 4 rings (SSSR count). The molecule has 0 radical (unpaired) electrons. The molecule has 32 heavy (non-hydrogen) atoms. The van der Waals surface area contributed by atoms with E-state index in [2.05, 4.69) is 17.1 Å². The number of anilines is 1. The van der Waals surface area contributed by atoms with Crippen molar-refractivity contribution in [2.75, 3.05) is 11.5 Å². The summed E-state index contributed by atoms with van der Waals surface area (Å²) in [6.45, 7) is 3.69. The SMILES string of the molecule is CCC(=O)C(C)CSC(=O)/[NH+]=c1/ccc2c(-c3ccccc3)c3ccc(N)cc3oc-2c1. The largest absolute Gasteiger partial charge is 0.456 e. The lowest BCUT2D eigenvalue weighted by Gasteiger charge is -2.15. The molecule has 0 saturated carbocycles. The summed E-state index contributed by atoms with van der Waals surface area (Å²) in [5.74, 6) is 1.12. The molecule has 0 saturated heterocycles. The van der Waals surface area contributed by atoms with Crippen LogP contribution in [0.5, 0.6) is 0 Å². The Bertz CT molecular complexity index is 1330. The quantitative estimate of drug-likeness (QED) is 0.354. The molecule has 6 heteroatoms. The van der Waals surface area contributed by atoms with Crippen LogP contribution in [0.25, 0.3) is 33.4 Å². The Morgan fingerprint density at radius 2 is 1.84 bits per heavy atom. The highest BCUT2D eigenvalue weighted by Gasteiger charge is 2.19. The van der Waals surface area contributed by atoms with Crippen LogP contribution in [0.15, 0.2) is 71.1 Å². The van der Waals surface area contributed by atoms with Gasteiger partial charge in [-0.2, -0.15) is 4.99 Å². The Morgan fingerprint density at radius 1 is 1.06 bits per heavy atom. The number of amides is 1. The Hall–Kier alpha value is -3.38. The van der Waals surface area contributed by atoms with Crippen molar-refractivity contribution in [1.82, 2.24) is 0 Å². The molecule has 3 N–H and O–H groups in total. The molecule has 162 valence electrons. The first-order chi connectivity index (χ1) is 15.5. The molecule has 1 atom stereocenters. The van der Waals surface area contributed by atoms with Gasteiger partial charge >= 0.3 is 5.24 Å². The summed E-state index contributed by atoms with van der Waals surface area (Å²) in [7, 11) is 0. The molecule has 0 fully saturated rings. The standard InChI is InChI=1S/C26H24N2O3S/c1-3-22(29)16(2)15-32-26(30)28-19-10-12-21-24(14-19)31-23-13-18(27)9-11-20(23)25(21)17-7-5-4-6-8-17/h4-14,16H,3,15,27H2,1-2H3/p+1/b28-19-. The number of Topliss-reactive ketones (excluding diaryl/α,β-unsaturated/α-hetero) is 1. The van der Waals surface area contributed by atoms with Gasteiger partial charge < -0.3 is 10.2 Å². The third-order valence-electron chi connectivity index (χ3n) is 5.42. The molecule has 0 bridgehead atoms. The highest BCUT2D eigenvalue weighted by atomic mass is 32.2. The summed E-state index contributed by atoms with van der Waals surface area (Å²) in [6, 6.07) is 21.4. The normalized spacial score (nSPS) is 12.9. The fraction of sp³-hybridized carbons (Fsp3) is 0.192. The molecule has 0 aromatic heterocycles. The van der Waals surface area contributed by atoms with E-state index in [1.54, 1.807) is 0 Å². The zero-order valence-corrected chi connectivity index (χ0v) is 18.9. The fourth-order valence-electron chi connectivity index (χ4n) is 3.70. The molecule has 0 spiro atoms. The van der Waals surface area contributed by atoms with Crippen LogP contribution in [0.1, 0.15) is 20.3 Å². The molecule has 1 aliphatic carbocycles. The second-order valence-corrected chi connectivity index (χ2v) is 8.75. The number of hydrogen-bond acceptors (Lipinski definition) is 5. The van der Waals surface area contributed by atoms with E-state index in [9.17, 15) is 9.59 Å². The van der Waals surface area contributed by atoms with Crippen LogP contribution in [-0.4, -0.2) is 16.8 Å². The van der Waals surface area contributed by atoms with Gasteiger partial charge in [-0.05, 0) is 35.5 Å². The maximum atomic E-state index is 12.4. The van der Waals surface area contributed by atoms with Gasteiger partial charge in [-0.25, -0.2) is 4.79 Å². The van der Waals surface area contributed by atoms with E-state index >= 15 is 0 Å². The van der Waals surface area contributed by atoms with Gasteiger partial charge in [0.2, 0.25) is 5.36 Å². The number of carbonyl (C=O) groups is 2.